The number of anilines is 1. The number of hydrogen-bond donors (Lipinski definition) is 1. The maximum absolute atomic E-state index is 13.4. The maximum atomic E-state index is 13.4. The number of rotatable bonds is 3. The second-order valence-electron chi connectivity index (χ2n) is 7.96. The van der Waals surface area contributed by atoms with Crippen LogP contribution in [0.1, 0.15) is 33.5 Å². The number of fused-ring (bicyclic) bond motifs is 1. The minimum atomic E-state index is -0.396. The number of aryl methyl sites for hydroxylation is 2. The Morgan fingerprint density at radius 3 is 2.91 bits per heavy atom. The molecule has 1 atom stereocenters. The van der Waals surface area contributed by atoms with Gasteiger partial charge in [-0.15, -0.1) is 0 Å². The average Bonchev–Trinajstić information content (AvgIpc) is 3.14. The van der Waals surface area contributed by atoms with Crippen LogP contribution in [-0.2, 0) is 4.74 Å². The van der Waals surface area contributed by atoms with Gasteiger partial charge in [0.2, 0.25) is 0 Å². The Kier molecular flexibility index (Phi) is 5.07. The Hall–Kier alpha value is -3.78. The quantitative estimate of drug-likeness (QED) is 0.529. The van der Waals surface area contributed by atoms with E-state index in [0.29, 0.717) is 37.0 Å². The van der Waals surface area contributed by atoms with E-state index in [1.165, 1.54) is 6.33 Å². The molecule has 1 fully saturated rings. The zero-order valence-corrected chi connectivity index (χ0v) is 17.9. The predicted molar refractivity (Wildman–Crippen MR) is 120 cm³/mol. The summed E-state index contributed by atoms with van der Waals surface area (Å²) in [5, 5.41) is 0.964. The van der Waals surface area contributed by atoms with Gasteiger partial charge in [0.1, 0.15) is 23.8 Å². The SMILES string of the molecule is Cc1ccc2oc(C(=O)N3CCOC(c4ncncc4-c4ccnc(N)c4)C3)c(C)c2c1. The lowest BCUT2D eigenvalue weighted by atomic mass is 10.0. The van der Waals surface area contributed by atoms with Crippen molar-refractivity contribution < 1.29 is 13.9 Å². The fraction of sp³-hybridized carbons (Fsp3) is 0.250. The molecule has 0 bridgehead atoms. The number of morpholine rings is 1. The minimum absolute atomic E-state index is 0.145. The van der Waals surface area contributed by atoms with Gasteiger partial charge in [0.05, 0.1) is 18.8 Å². The third-order valence-electron chi connectivity index (χ3n) is 5.78. The van der Waals surface area contributed by atoms with Crippen molar-refractivity contribution in [3.63, 3.8) is 0 Å². The van der Waals surface area contributed by atoms with E-state index >= 15 is 0 Å². The van der Waals surface area contributed by atoms with Crippen LogP contribution in [0.3, 0.4) is 0 Å². The summed E-state index contributed by atoms with van der Waals surface area (Å²) in [6, 6.07) is 9.55. The topological polar surface area (TPSA) is 107 Å². The van der Waals surface area contributed by atoms with Crippen molar-refractivity contribution in [1.29, 1.82) is 0 Å². The Balaban J connectivity index is 1.45. The first-order valence-corrected chi connectivity index (χ1v) is 10.4. The number of hydrogen-bond acceptors (Lipinski definition) is 7. The third kappa shape index (κ3) is 3.58. The first-order valence-electron chi connectivity index (χ1n) is 10.4. The second kappa shape index (κ2) is 8.05. The molecule has 5 rings (SSSR count). The molecule has 1 amide bonds. The Morgan fingerprint density at radius 1 is 1.19 bits per heavy atom. The van der Waals surface area contributed by atoms with Crippen LogP contribution in [0, 0.1) is 13.8 Å². The average molecular weight is 429 g/mol. The molecular weight excluding hydrogens is 406 g/mol. The highest BCUT2D eigenvalue weighted by Gasteiger charge is 2.31. The molecule has 2 N–H and O–H groups in total. The van der Waals surface area contributed by atoms with Crippen LogP contribution in [-0.4, -0.2) is 45.5 Å². The van der Waals surface area contributed by atoms with Gasteiger partial charge < -0.3 is 19.8 Å². The number of amides is 1. The predicted octanol–water partition coefficient (Wildman–Crippen LogP) is 3.70. The number of furan rings is 1. The van der Waals surface area contributed by atoms with Gasteiger partial charge in [0, 0.05) is 35.5 Å². The second-order valence-corrected chi connectivity index (χ2v) is 7.96. The standard InChI is InChI=1S/C24H23N5O3/c1-14-3-4-19-17(9-14)15(2)23(32-19)24(30)29-7-8-31-20(12-29)22-18(11-26-13-28-22)16-5-6-27-21(25)10-16/h3-6,9-11,13,20H,7-8,12H2,1-2H3,(H2,25,27). The number of nitrogen functional groups attached to an aromatic ring is 1. The van der Waals surface area contributed by atoms with Crippen molar-refractivity contribution in [3.05, 3.63) is 71.6 Å². The fourth-order valence-electron chi connectivity index (χ4n) is 4.12. The summed E-state index contributed by atoms with van der Waals surface area (Å²) in [4.78, 5) is 27.8. The molecule has 162 valence electrons. The van der Waals surface area contributed by atoms with Crippen LogP contribution < -0.4 is 5.73 Å². The van der Waals surface area contributed by atoms with E-state index in [0.717, 1.165) is 33.2 Å². The third-order valence-corrected chi connectivity index (χ3v) is 5.78. The molecule has 8 heteroatoms. The first-order chi connectivity index (χ1) is 15.5. The van der Waals surface area contributed by atoms with Crippen LogP contribution in [0.5, 0.6) is 0 Å². The van der Waals surface area contributed by atoms with Crippen molar-refractivity contribution in [3.8, 4) is 11.1 Å². The molecule has 1 aromatic carbocycles. The lowest BCUT2D eigenvalue weighted by Gasteiger charge is -2.33. The van der Waals surface area contributed by atoms with Crippen molar-refractivity contribution in [1.82, 2.24) is 19.9 Å². The van der Waals surface area contributed by atoms with Crippen molar-refractivity contribution in [2.75, 3.05) is 25.4 Å². The number of carbonyl (C=O) groups excluding carboxylic acids is 1. The van der Waals surface area contributed by atoms with E-state index in [1.807, 2.05) is 38.1 Å². The maximum Gasteiger partial charge on any atom is 0.290 e. The summed E-state index contributed by atoms with van der Waals surface area (Å²) in [6.07, 6.45) is 4.46. The number of pyridine rings is 1. The number of aromatic nitrogens is 3. The highest BCUT2D eigenvalue weighted by atomic mass is 16.5. The van der Waals surface area contributed by atoms with Crippen molar-refractivity contribution in [2.24, 2.45) is 0 Å². The summed E-state index contributed by atoms with van der Waals surface area (Å²) in [7, 11) is 0. The molecule has 8 nitrogen and oxygen atoms in total. The Labute approximate surface area is 185 Å². The van der Waals surface area contributed by atoms with Crippen LogP contribution >= 0.6 is 0 Å². The van der Waals surface area contributed by atoms with Gasteiger partial charge in [0.25, 0.3) is 5.91 Å². The molecule has 0 spiro atoms. The number of nitrogens with zero attached hydrogens (tertiary/aromatic N) is 4. The lowest BCUT2D eigenvalue weighted by molar-refractivity contribution is -0.0254. The molecule has 4 heterocycles. The molecular formula is C24H23N5O3. The summed E-state index contributed by atoms with van der Waals surface area (Å²) in [5.74, 6) is 0.638. The van der Waals surface area contributed by atoms with E-state index in [1.54, 1.807) is 23.4 Å². The zero-order valence-electron chi connectivity index (χ0n) is 17.9. The summed E-state index contributed by atoms with van der Waals surface area (Å²) >= 11 is 0. The van der Waals surface area contributed by atoms with Gasteiger partial charge in [-0.2, -0.15) is 0 Å². The van der Waals surface area contributed by atoms with Gasteiger partial charge >= 0.3 is 0 Å². The summed E-state index contributed by atoms with van der Waals surface area (Å²) in [5.41, 5.74) is 10.9. The van der Waals surface area contributed by atoms with Crippen LogP contribution in [0.2, 0.25) is 0 Å². The molecule has 0 radical (unpaired) electrons. The Morgan fingerprint density at radius 2 is 2.06 bits per heavy atom. The molecule has 0 aliphatic carbocycles. The fourth-order valence-corrected chi connectivity index (χ4v) is 4.12. The molecule has 3 aromatic heterocycles. The summed E-state index contributed by atoms with van der Waals surface area (Å²) < 4.78 is 12.0. The van der Waals surface area contributed by atoms with Gasteiger partial charge in [0.15, 0.2) is 5.76 Å². The van der Waals surface area contributed by atoms with Gasteiger partial charge in [-0.05, 0) is 43.7 Å². The van der Waals surface area contributed by atoms with E-state index in [4.69, 9.17) is 14.9 Å². The highest BCUT2D eigenvalue weighted by Crippen LogP contribution is 2.32. The molecule has 32 heavy (non-hydrogen) atoms. The number of carbonyl (C=O) groups is 1. The molecule has 1 unspecified atom stereocenters. The van der Waals surface area contributed by atoms with Crippen LogP contribution in [0.25, 0.3) is 22.1 Å². The van der Waals surface area contributed by atoms with E-state index in [-0.39, 0.29) is 5.91 Å². The van der Waals surface area contributed by atoms with E-state index in [9.17, 15) is 4.79 Å². The minimum Gasteiger partial charge on any atom is -0.451 e. The van der Waals surface area contributed by atoms with Gasteiger partial charge in [-0.25, -0.2) is 15.0 Å². The van der Waals surface area contributed by atoms with Crippen LogP contribution in [0.15, 0.2) is 53.5 Å². The van der Waals surface area contributed by atoms with Crippen molar-refractivity contribution in [2.45, 2.75) is 20.0 Å². The summed E-state index contributed by atoms with van der Waals surface area (Å²) in [6.45, 7) is 5.19. The number of ether oxygens (including phenoxy) is 1. The molecule has 4 aromatic rings. The first kappa shape index (κ1) is 20.1. The largest absolute Gasteiger partial charge is 0.451 e. The Bertz CT molecular complexity index is 1320. The van der Waals surface area contributed by atoms with Gasteiger partial charge in [-0.1, -0.05) is 11.6 Å². The number of benzene rings is 1. The van der Waals surface area contributed by atoms with E-state index < -0.39 is 6.10 Å². The zero-order chi connectivity index (χ0) is 22.2. The van der Waals surface area contributed by atoms with E-state index in [2.05, 4.69) is 15.0 Å². The number of nitrogens with two attached hydrogens (primary N) is 1. The normalized spacial score (nSPS) is 16.4. The molecule has 1 aliphatic rings. The molecule has 0 saturated carbocycles. The molecule has 1 aliphatic heterocycles. The molecule has 1 saturated heterocycles. The monoisotopic (exact) mass is 429 g/mol. The lowest BCUT2D eigenvalue weighted by Crippen LogP contribution is -2.42. The van der Waals surface area contributed by atoms with Crippen molar-refractivity contribution >= 4 is 22.7 Å². The van der Waals surface area contributed by atoms with Gasteiger partial charge in [-0.3, -0.25) is 4.79 Å². The highest BCUT2D eigenvalue weighted by molar-refractivity contribution is 5.99. The van der Waals surface area contributed by atoms with Crippen LogP contribution in [0.4, 0.5) is 5.82 Å². The smallest absolute Gasteiger partial charge is 0.290 e.